The summed E-state index contributed by atoms with van der Waals surface area (Å²) < 4.78 is 6.45. The Morgan fingerprint density at radius 2 is 1.03 bits per heavy atom. The van der Waals surface area contributed by atoms with Crippen molar-refractivity contribution in [2.75, 3.05) is 13.1 Å². The summed E-state index contributed by atoms with van der Waals surface area (Å²) in [5.41, 5.74) is 18.5. The summed E-state index contributed by atoms with van der Waals surface area (Å²) in [4.78, 5) is 175. The number of amides is 12. The standard InChI is InChI=1S/C68H94N16O18/c1-35(2)27-44-60(93)79-49(30-38-15-9-6-10-16-38)67(100)84-26-12-18-50(84)65(98)78-47(31-40-33-83(82-81-40)34-51-55(88)56(89)57(90)68(101)102-51)62(95)76-45(28-37-13-7-5-8-14-37)61(94)77-48(32-53(71)87)63(96)72-43(23-24-52(70)86)59(92)75-46(29-39-19-21-41(85)22-20-39)64(97)80-54(36(3)4)66(99)73-42(17-11-25-69)58(91)74-44/h5-10,13-16,19-22,33,35-36,42-51,54-57,68,85,88-90,101H,11-12,17-18,23-32,34,69H2,1-4H3,(H2,70,86)(H2,71,87)(H,72,96)(H,73,99)(H,74,91)(H,75,92)(H,76,95)(H,77,94)(H,78,98)(H,79,93)(H,80,97)/t42-,43-,44-,45+,46-,47-,48-,49+,50-,51+,54-,55-,56-,57+,68?/m0/s1. The Bertz CT molecular complexity index is 3570. The molecule has 0 bridgehead atoms. The average molecular weight is 1420 g/mol. The summed E-state index contributed by atoms with van der Waals surface area (Å²) in [6.45, 7) is 6.41. The third-order valence-electron chi connectivity index (χ3n) is 17.6. The molecule has 1 aromatic heterocycles. The van der Waals surface area contributed by atoms with Crippen LogP contribution < -0.4 is 65.1 Å². The van der Waals surface area contributed by atoms with Crippen molar-refractivity contribution in [3.63, 3.8) is 0 Å². The van der Waals surface area contributed by atoms with Gasteiger partial charge in [-0.15, -0.1) is 5.10 Å². The highest BCUT2D eigenvalue weighted by Crippen LogP contribution is 2.24. The number of ether oxygens (including phenoxy) is 1. The van der Waals surface area contributed by atoms with Crippen molar-refractivity contribution in [3.05, 3.63) is 114 Å². The molecule has 3 fully saturated rings. The fourth-order valence-electron chi connectivity index (χ4n) is 12.1. The number of rotatable bonds is 21. The zero-order valence-electron chi connectivity index (χ0n) is 57.1. The van der Waals surface area contributed by atoms with E-state index < -0.39 is 194 Å². The Hall–Kier alpha value is -10.0. The van der Waals surface area contributed by atoms with Crippen LogP contribution in [0.3, 0.4) is 0 Å². The highest BCUT2D eigenvalue weighted by atomic mass is 16.6. The molecule has 4 aromatic rings. The van der Waals surface area contributed by atoms with E-state index in [2.05, 4.69) is 58.2 Å². The number of aromatic nitrogens is 3. The van der Waals surface area contributed by atoms with Gasteiger partial charge in [-0.25, -0.2) is 4.68 Å². The topological polar surface area (TPSA) is 536 Å². The Balaban J connectivity index is 1.33. The van der Waals surface area contributed by atoms with Gasteiger partial charge >= 0.3 is 0 Å². The van der Waals surface area contributed by atoms with E-state index in [0.29, 0.717) is 16.7 Å². The summed E-state index contributed by atoms with van der Waals surface area (Å²) in [6.07, 6.45) is -10.4. The van der Waals surface area contributed by atoms with Gasteiger partial charge in [0.2, 0.25) is 70.9 Å². The molecule has 0 aliphatic carbocycles. The van der Waals surface area contributed by atoms with Crippen molar-refractivity contribution >= 4 is 70.9 Å². The number of phenolic OH excluding ortho intramolecular Hbond substituents is 1. The molecule has 0 spiro atoms. The monoisotopic (exact) mass is 1420 g/mol. The molecule has 12 amide bonds. The molecular formula is C68H94N16O18. The molecule has 3 aliphatic rings. The quantitative estimate of drug-likeness (QED) is 0.0371. The zero-order chi connectivity index (χ0) is 74.5. The molecule has 0 radical (unpaired) electrons. The normalized spacial score (nSPS) is 27.4. The van der Waals surface area contributed by atoms with E-state index in [4.69, 9.17) is 21.9 Å². The molecule has 20 N–H and O–H groups in total. The van der Waals surface area contributed by atoms with Crippen molar-refractivity contribution in [2.24, 2.45) is 29.0 Å². The van der Waals surface area contributed by atoms with E-state index in [9.17, 15) is 68.7 Å². The van der Waals surface area contributed by atoms with E-state index in [1.165, 1.54) is 35.4 Å². The van der Waals surface area contributed by atoms with Gasteiger partial charge < -0.3 is 100 Å². The van der Waals surface area contributed by atoms with Gasteiger partial charge in [-0.1, -0.05) is 106 Å². The van der Waals surface area contributed by atoms with Gasteiger partial charge in [0, 0.05) is 44.8 Å². The van der Waals surface area contributed by atoms with Crippen LogP contribution in [0.5, 0.6) is 5.75 Å². The van der Waals surface area contributed by atoms with Crippen LogP contribution in [0.2, 0.25) is 0 Å². The third-order valence-corrected chi connectivity index (χ3v) is 17.6. The number of phenols is 1. The number of aromatic hydroxyl groups is 1. The number of carbonyl (C=O) groups excluding carboxylic acids is 12. The maximum absolute atomic E-state index is 15.3. The molecule has 34 heteroatoms. The molecular weight excluding hydrogens is 1330 g/mol. The predicted octanol–water partition coefficient (Wildman–Crippen LogP) is -5.00. The molecule has 1 unspecified atom stereocenters. The Morgan fingerprint density at radius 1 is 0.549 bits per heavy atom. The fourth-order valence-corrected chi connectivity index (χ4v) is 12.1. The molecule has 0 saturated carbocycles. The Labute approximate surface area is 588 Å². The number of fused-ring (bicyclic) bond motifs is 1. The largest absolute Gasteiger partial charge is 0.508 e. The minimum absolute atomic E-state index is 0.00768. The molecule has 15 atom stereocenters. The lowest BCUT2D eigenvalue weighted by molar-refractivity contribution is -0.284. The van der Waals surface area contributed by atoms with Gasteiger partial charge in [-0.05, 0) is 85.7 Å². The first kappa shape index (κ1) is 79.3. The van der Waals surface area contributed by atoms with Crippen LogP contribution in [0.15, 0.2) is 91.1 Å². The number of nitrogens with zero attached hydrogens (tertiary/aromatic N) is 4. The van der Waals surface area contributed by atoms with E-state index in [1.54, 1.807) is 88.4 Å². The van der Waals surface area contributed by atoms with Crippen LogP contribution in [-0.4, -0.2) is 221 Å². The lowest BCUT2D eigenvalue weighted by Gasteiger charge is -2.38. The number of benzene rings is 3. The number of nitrogens with one attached hydrogen (secondary N) is 9. The van der Waals surface area contributed by atoms with E-state index in [1.807, 2.05) is 0 Å². The van der Waals surface area contributed by atoms with Gasteiger partial charge in [0.25, 0.3) is 0 Å². The first-order valence-electron chi connectivity index (χ1n) is 33.9. The smallest absolute Gasteiger partial charge is 0.246 e. The molecule has 7 rings (SSSR count). The summed E-state index contributed by atoms with van der Waals surface area (Å²) in [5, 5.41) is 83.7. The second kappa shape index (κ2) is 37.6. The van der Waals surface area contributed by atoms with Gasteiger partial charge in [-0.2, -0.15) is 0 Å². The maximum atomic E-state index is 15.3. The van der Waals surface area contributed by atoms with Crippen LogP contribution >= 0.6 is 0 Å². The van der Waals surface area contributed by atoms with E-state index >= 15 is 14.4 Å². The second-order valence-electron chi connectivity index (χ2n) is 26.6. The van der Waals surface area contributed by atoms with Crippen molar-refractivity contribution in [1.29, 1.82) is 0 Å². The van der Waals surface area contributed by atoms with Crippen LogP contribution in [0.25, 0.3) is 0 Å². The molecule has 554 valence electrons. The van der Waals surface area contributed by atoms with E-state index in [0.717, 1.165) is 4.68 Å². The first-order chi connectivity index (χ1) is 48.5. The fraction of sp³-hybridized carbons (Fsp3) is 0.529. The number of aliphatic hydroxyl groups excluding tert-OH is 4. The highest BCUT2D eigenvalue weighted by Gasteiger charge is 2.45. The molecule has 102 heavy (non-hydrogen) atoms. The van der Waals surface area contributed by atoms with Gasteiger partial charge in [0.05, 0.1) is 18.7 Å². The maximum Gasteiger partial charge on any atom is 0.246 e. The summed E-state index contributed by atoms with van der Waals surface area (Å²) in [6, 6.07) is 6.54. The summed E-state index contributed by atoms with van der Waals surface area (Å²) in [5.74, 6) is -12.9. The first-order valence-corrected chi connectivity index (χ1v) is 33.9. The van der Waals surface area contributed by atoms with Gasteiger partial charge in [0.1, 0.15) is 90.6 Å². The molecule has 4 heterocycles. The minimum atomic E-state index is -1.95. The van der Waals surface area contributed by atoms with Crippen molar-refractivity contribution in [3.8, 4) is 5.75 Å². The van der Waals surface area contributed by atoms with Crippen LogP contribution in [-0.2, 0) is 94.5 Å². The van der Waals surface area contributed by atoms with Crippen molar-refractivity contribution < 1.29 is 87.8 Å². The SMILES string of the molecule is CC(C)C[C@@H]1NC(=O)[C@H](CCCN)NC(=O)[C@H](C(C)C)NC(=O)[C@H](Cc2ccc(O)cc2)NC(=O)[C@H](CCC(N)=O)NC(=O)[C@H](CC(N)=O)NC(=O)[C@@H](Cc2ccccc2)NC(=O)[C@H](Cc2cn(C[C@H]3OC(O)[C@H](O)[C@@H](O)[C@H]3O)nn2)NC(=O)[C@@H]2CCCN2C(=O)[C@@H](Cc2ccccc2)NC1=O. The van der Waals surface area contributed by atoms with Gasteiger partial charge in [-0.3, -0.25) is 57.5 Å². The third kappa shape index (κ3) is 23.0. The number of primary amides is 2. The summed E-state index contributed by atoms with van der Waals surface area (Å²) >= 11 is 0. The number of hydrogen-bond acceptors (Lipinski definition) is 21. The molecule has 3 aromatic carbocycles. The van der Waals surface area contributed by atoms with Crippen molar-refractivity contribution in [2.45, 2.75) is 202 Å². The number of hydrogen-bond donors (Lipinski definition) is 17. The highest BCUT2D eigenvalue weighted by molar-refractivity contribution is 6.01. The average Bonchev–Trinajstić information content (AvgIpc) is 1.25. The summed E-state index contributed by atoms with van der Waals surface area (Å²) in [7, 11) is 0. The predicted molar refractivity (Wildman–Crippen MR) is 362 cm³/mol. The second-order valence-corrected chi connectivity index (χ2v) is 26.6. The molecule has 3 saturated heterocycles. The lowest BCUT2D eigenvalue weighted by Crippen LogP contribution is -2.62. The Morgan fingerprint density at radius 3 is 1.60 bits per heavy atom. The number of carbonyl (C=O) groups is 12. The van der Waals surface area contributed by atoms with Crippen LogP contribution in [0.1, 0.15) is 101 Å². The zero-order valence-corrected chi connectivity index (χ0v) is 57.1. The molecule has 34 nitrogen and oxygen atoms in total. The molecule has 3 aliphatic heterocycles. The van der Waals surface area contributed by atoms with Crippen LogP contribution in [0.4, 0.5) is 0 Å². The number of nitrogens with two attached hydrogens (primary N) is 3. The lowest BCUT2D eigenvalue weighted by atomic mass is 9.99. The van der Waals surface area contributed by atoms with Crippen molar-refractivity contribution in [1.82, 2.24) is 67.7 Å². The number of aliphatic hydroxyl groups is 4. The minimum Gasteiger partial charge on any atom is -0.508 e. The van der Waals surface area contributed by atoms with Gasteiger partial charge in [0.15, 0.2) is 6.29 Å². The van der Waals surface area contributed by atoms with E-state index in [-0.39, 0.29) is 88.4 Å². The van der Waals surface area contributed by atoms with Crippen LogP contribution in [0, 0.1) is 11.8 Å². The Kier molecular flexibility index (Phi) is 29.2.